The molecule has 1 atom stereocenters. The topological polar surface area (TPSA) is 86.8 Å². The Kier molecular flexibility index (Phi) is 10.1. The normalized spacial score (nSPS) is 12.2. The minimum atomic E-state index is -4.11. The highest BCUT2D eigenvalue weighted by atomic mass is 32.2. The van der Waals surface area contributed by atoms with Crippen LogP contribution in [0.5, 0.6) is 0 Å². The van der Waals surface area contributed by atoms with Gasteiger partial charge in [-0.1, -0.05) is 61.0 Å². The third-order valence-electron chi connectivity index (χ3n) is 7.15. The standard InChI is InChI=1S/C32H41N3O4S/c1-8-29(32(37)33-22(2)3)34(20-27-14-10-9-12-25(27)6)31(36)21-35(30-15-11-13-24(5)26(30)7)40(38,39)28-18-16-23(4)17-19-28/h9-19,22,29H,8,20-21H2,1-7H3,(H,33,37)/t29-/m1/s1. The Morgan fingerprint density at radius 2 is 1.48 bits per heavy atom. The number of amides is 2. The summed E-state index contributed by atoms with van der Waals surface area (Å²) >= 11 is 0. The first-order valence-electron chi connectivity index (χ1n) is 13.7. The van der Waals surface area contributed by atoms with E-state index in [9.17, 15) is 18.0 Å². The van der Waals surface area contributed by atoms with Gasteiger partial charge in [-0.3, -0.25) is 13.9 Å². The van der Waals surface area contributed by atoms with Crippen molar-refractivity contribution in [3.05, 3.63) is 94.5 Å². The third kappa shape index (κ3) is 7.10. The lowest BCUT2D eigenvalue weighted by atomic mass is 10.1. The van der Waals surface area contributed by atoms with Gasteiger partial charge in [-0.05, 0) is 88.4 Å². The molecule has 0 fully saturated rings. The van der Waals surface area contributed by atoms with Gasteiger partial charge < -0.3 is 10.2 Å². The largest absolute Gasteiger partial charge is 0.352 e. The molecule has 3 aromatic rings. The number of carbonyl (C=O) groups excluding carboxylic acids is 2. The van der Waals surface area contributed by atoms with Crippen molar-refractivity contribution in [1.29, 1.82) is 0 Å². The van der Waals surface area contributed by atoms with Gasteiger partial charge in [-0.2, -0.15) is 0 Å². The Hall–Kier alpha value is -3.65. The summed E-state index contributed by atoms with van der Waals surface area (Å²) in [6.45, 7) is 12.9. The van der Waals surface area contributed by atoms with Gasteiger partial charge in [0.25, 0.3) is 10.0 Å². The van der Waals surface area contributed by atoms with Crippen LogP contribution < -0.4 is 9.62 Å². The number of sulfonamides is 1. The summed E-state index contributed by atoms with van der Waals surface area (Å²) in [5, 5.41) is 2.93. The van der Waals surface area contributed by atoms with E-state index in [0.717, 1.165) is 27.8 Å². The van der Waals surface area contributed by atoms with Crippen LogP contribution in [0.15, 0.2) is 71.6 Å². The molecule has 0 saturated carbocycles. The molecule has 0 saturated heterocycles. The van der Waals surface area contributed by atoms with E-state index in [0.29, 0.717) is 12.1 Å². The summed E-state index contributed by atoms with van der Waals surface area (Å²) in [5.74, 6) is -0.718. The van der Waals surface area contributed by atoms with E-state index >= 15 is 0 Å². The number of nitrogens with zero attached hydrogens (tertiary/aromatic N) is 2. The SMILES string of the molecule is CC[C@H](C(=O)NC(C)C)N(Cc1ccccc1C)C(=O)CN(c1cccc(C)c1C)S(=O)(=O)c1ccc(C)cc1. The van der Waals surface area contributed by atoms with Gasteiger partial charge in [-0.15, -0.1) is 0 Å². The monoisotopic (exact) mass is 563 g/mol. The fourth-order valence-electron chi connectivity index (χ4n) is 4.63. The lowest BCUT2D eigenvalue weighted by molar-refractivity contribution is -0.140. The number of hydrogen-bond donors (Lipinski definition) is 1. The predicted molar refractivity (Wildman–Crippen MR) is 161 cm³/mol. The maximum Gasteiger partial charge on any atom is 0.264 e. The van der Waals surface area contributed by atoms with Gasteiger partial charge in [0, 0.05) is 12.6 Å². The molecule has 7 nitrogen and oxygen atoms in total. The molecule has 0 aliphatic heterocycles. The highest BCUT2D eigenvalue weighted by Gasteiger charge is 2.34. The summed E-state index contributed by atoms with van der Waals surface area (Å²) in [5.41, 5.74) is 4.92. The molecular weight excluding hydrogens is 522 g/mol. The highest BCUT2D eigenvalue weighted by Crippen LogP contribution is 2.29. The quantitative estimate of drug-likeness (QED) is 0.336. The van der Waals surface area contributed by atoms with Gasteiger partial charge in [0.15, 0.2) is 0 Å². The van der Waals surface area contributed by atoms with Crippen LogP contribution in [0.25, 0.3) is 0 Å². The average Bonchev–Trinajstić information content (AvgIpc) is 2.89. The van der Waals surface area contributed by atoms with Crippen molar-refractivity contribution in [3.8, 4) is 0 Å². The van der Waals surface area contributed by atoms with Crippen molar-refractivity contribution < 1.29 is 18.0 Å². The van der Waals surface area contributed by atoms with E-state index in [-0.39, 0.29) is 23.4 Å². The molecule has 0 aromatic heterocycles. The van der Waals surface area contributed by atoms with Crippen LogP contribution >= 0.6 is 0 Å². The minimum Gasteiger partial charge on any atom is -0.352 e. The lowest BCUT2D eigenvalue weighted by Crippen LogP contribution is -2.53. The van der Waals surface area contributed by atoms with Gasteiger partial charge in [0.05, 0.1) is 10.6 Å². The third-order valence-corrected chi connectivity index (χ3v) is 8.93. The maximum atomic E-state index is 14.2. The first-order chi connectivity index (χ1) is 18.9. The van der Waals surface area contributed by atoms with Crippen LogP contribution in [-0.4, -0.2) is 43.8 Å². The Morgan fingerprint density at radius 1 is 0.850 bits per heavy atom. The molecule has 2 amide bonds. The van der Waals surface area contributed by atoms with Crippen LogP contribution in [0.2, 0.25) is 0 Å². The van der Waals surface area contributed by atoms with Crippen molar-refractivity contribution in [3.63, 3.8) is 0 Å². The number of hydrogen-bond acceptors (Lipinski definition) is 4. The van der Waals surface area contributed by atoms with E-state index in [4.69, 9.17) is 0 Å². The van der Waals surface area contributed by atoms with Crippen molar-refractivity contribution >= 4 is 27.5 Å². The molecule has 1 N–H and O–H groups in total. The van der Waals surface area contributed by atoms with Gasteiger partial charge in [-0.25, -0.2) is 8.42 Å². The fraction of sp³-hybridized carbons (Fsp3) is 0.375. The molecule has 0 aliphatic rings. The summed E-state index contributed by atoms with van der Waals surface area (Å²) in [7, 11) is -4.11. The molecule has 0 spiro atoms. The van der Waals surface area contributed by atoms with E-state index in [1.54, 1.807) is 36.4 Å². The van der Waals surface area contributed by atoms with Crippen molar-refractivity contribution in [1.82, 2.24) is 10.2 Å². The predicted octanol–water partition coefficient (Wildman–Crippen LogP) is 5.45. The van der Waals surface area contributed by atoms with Crippen LogP contribution in [0.1, 0.15) is 55.0 Å². The van der Waals surface area contributed by atoms with Crippen LogP contribution in [-0.2, 0) is 26.2 Å². The molecule has 0 radical (unpaired) electrons. The minimum absolute atomic E-state index is 0.0989. The smallest absolute Gasteiger partial charge is 0.264 e. The molecule has 0 aliphatic carbocycles. The molecule has 0 heterocycles. The van der Waals surface area contributed by atoms with Crippen molar-refractivity contribution in [2.75, 3.05) is 10.8 Å². The van der Waals surface area contributed by atoms with E-state index in [1.165, 1.54) is 9.21 Å². The molecular formula is C32H41N3O4S. The Bertz CT molecular complexity index is 1450. The fourth-order valence-corrected chi connectivity index (χ4v) is 6.10. The number of nitrogens with one attached hydrogen (secondary N) is 1. The first-order valence-corrected chi connectivity index (χ1v) is 15.1. The Labute approximate surface area is 239 Å². The Morgan fingerprint density at radius 3 is 2.08 bits per heavy atom. The van der Waals surface area contributed by atoms with Crippen molar-refractivity contribution in [2.45, 2.75) is 78.4 Å². The zero-order chi connectivity index (χ0) is 29.6. The molecule has 0 bridgehead atoms. The zero-order valence-corrected chi connectivity index (χ0v) is 25.4. The molecule has 3 rings (SSSR count). The molecule has 3 aromatic carbocycles. The van der Waals surface area contributed by atoms with Gasteiger partial charge >= 0.3 is 0 Å². The Balaban J connectivity index is 2.12. The summed E-state index contributed by atoms with van der Waals surface area (Å²) in [6.07, 6.45) is 0.379. The second-order valence-corrected chi connectivity index (χ2v) is 12.4. The average molecular weight is 564 g/mol. The molecule has 40 heavy (non-hydrogen) atoms. The number of rotatable bonds is 11. The molecule has 0 unspecified atom stereocenters. The van der Waals surface area contributed by atoms with Gasteiger partial charge in [0.1, 0.15) is 12.6 Å². The second kappa shape index (κ2) is 13.1. The maximum absolute atomic E-state index is 14.2. The zero-order valence-electron chi connectivity index (χ0n) is 24.6. The van der Waals surface area contributed by atoms with E-state index < -0.39 is 28.5 Å². The number of benzene rings is 3. The summed E-state index contributed by atoms with van der Waals surface area (Å²) < 4.78 is 29.3. The van der Waals surface area contributed by atoms with E-state index in [2.05, 4.69) is 5.32 Å². The molecule has 8 heteroatoms. The van der Waals surface area contributed by atoms with Crippen molar-refractivity contribution in [2.24, 2.45) is 0 Å². The van der Waals surface area contributed by atoms with E-state index in [1.807, 2.05) is 78.8 Å². The lowest BCUT2D eigenvalue weighted by Gasteiger charge is -2.34. The molecule has 214 valence electrons. The van der Waals surface area contributed by atoms with Crippen LogP contribution in [0, 0.1) is 27.7 Å². The number of carbonyl (C=O) groups is 2. The summed E-state index contributed by atoms with van der Waals surface area (Å²) in [4.78, 5) is 29.1. The first kappa shape index (κ1) is 30.9. The number of aryl methyl sites for hydroxylation is 3. The van der Waals surface area contributed by atoms with Crippen LogP contribution in [0.3, 0.4) is 0 Å². The van der Waals surface area contributed by atoms with Gasteiger partial charge in [0.2, 0.25) is 11.8 Å². The summed E-state index contributed by atoms with van der Waals surface area (Å²) in [6, 6.07) is 18.8. The number of anilines is 1. The second-order valence-electron chi connectivity index (χ2n) is 10.6. The van der Waals surface area contributed by atoms with Crippen LogP contribution in [0.4, 0.5) is 5.69 Å². The highest BCUT2D eigenvalue weighted by molar-refractivity contribution is 7.92.